The topological polar surface area (TPSA) is 67.4 Å². The smallest absolute Gasteiger partial charge is 0.249 e. The second-order valence-electron chi connectivity index (χ2n) is 8.37. The first-order chi connectivity index (χ1) is 14.3. The van der Waals surface area contributed by atoms with Crippen LogP contribution < -0.4 is 10.2 Å². The molecule has 0 bridgehead atoms. The van der Waals surface area contributed by atoms with Gasteiger partial charge < -0.3 is 15.0 Å². The van der Waals surface area contributed by atoms with E-state index >= 15 is 0 Å². The number of rotatable bonds is 3. The summed E-state index contributed by atoms with van der Waals surface area (Å²) in [5.41, 5.74) is 4.99. The molecule has 2 aromatic rings. The molecular formula is C23H28N4O2. The molecule has 1 fully saturated rings. The molecule has 3 heterocycles. The van der Waals surface area contributed by atoms with Crippen LogP contribution in [0.3, 0.4) is 0 Å². The molecule has 6 nitrogen and oxygen atoms in total. The van der Waals surface area contributed by atoms with E-state index in [9.17, 15) is 4.79 Å². The van der Waals surface area contributed by atoms with Gasteiger partial charge in [0.15, 0.2) is 0 Å². The number of carbonyl (C=O) groups is 1. The van der Waals surface area contributed by atoms with E-state index < -0.39 is 0 Å². The molecule has 1 atom stereocenters. The standard InChI is InChI=1S/C23H28N4O2/c28-23(21-13-16-5-1-2-6-17(16)14-29-21)26-18-9-11-27(12-10-18)22-19-7-3-4-8-20(19)24-15-25-22/h1-2,5-6,15,18,21H,3-4,7-14H2,(H,26,28)/t21-/m0/s1. The highest BCUT2D eigenvalue weighted by atomic mass is 16.5. The zero-order chi connectivity index (χ0) is 19.6. The van der Waals surface area contributed by atoms with E-state index in [1.54, 1.807) is 6.33 Å². The maximum atomic E-state index is 12.7. The molecule has 1 saturated heterocycles. The summed E-state index contributed by atoms with van der Waals surface area (Å²) in [6, 6.07) is 8.42. The van der Waals surface area contributed by atoms with E-state index in [-0.39, 0.29) is 18.1 Å². The number of aromatic nitrogens is 2. The van der Waals surface area contributed by atoms with Gasteiger partial charge in [-0.25, -0.2) is 9.97 Å². The first-order valence-electron chi connectivity index (χ1n) is 10.8. The summed E-state index contributed by atoms with van der Waals surface area (Å²) in [5, 5.41) is 3.23. The highest BCUT2D eigenvalue weighted by Gasteiger charge is 2.29. The molecule has 1 aromatic carbocycles. The number of benzene rings is 1. The molecule has 0 spiro atoms. The van der Waals surface area contributed by atoms with Gasteiger partial charge in [0.1, 0.15) is 18.2 Å². The summed E-state index contributed by atoms with van der Waals surface area (Å²) >= 11 is 0. The van der Waals surface area contributed by atoms with Crippen molar-refractivity contribution < 1.29 is 9.53 Å². The second kappa shape index (κ2) is 8.11. The van der Waals surface area contributed by atoms with Crippen LogP contribution in [0.2, 0.25) is 0 Å². The van der Waals surface area contributed by atoms with Crippen LogP contribution in [0.1, 0.15) is 48.1 Å². The van der Waals surface area contributed by atoms with Crippen molar-refractivity contribution in [1.82, 2.24) is 15.3 Å². The van der Waals surface area contributed by atoms with E-state index in [2.05, 4.69) is 32.3 Å². The predicted molar refractivity (Wildman–Crippen MR) is 111 cm³/mol. The number of piperidine rings is 1. The van der Waals surface area contributed by atoms with Crippen LogP contribution in [0, 0.1) is 0 Å². The molecule has 1 N–H and O–H groups in total. The van der Waals surface area contributed by atoms with Crippen molar-refractivity contribution in [3.63, 3.8) is 0 Å². The van der Waals surface area contributed by atoms with Crippen molar-refractivity contribution >= 4 is 11.7 Å². The summed E-state index contributed by atoms with van der Waals surface area (Å²) in [4.78, 5) is 24.2. The molecule has 1 amide bonds. The van der Waals surface area contributed by atoms with Crippen LogP contribution in [0.5, 0.6) is 0 Å². The minimum atomic E-state index is -0.378. The normalized spacial score (nSPS) is 21.9. The number of carbonyl (C=O) groups excluding carboxylic acids is 1. The average molecular weight is 393 g/mol. The third kappa shape index (κ3) is 3.86. The zero-order valence-electron chi connectivity index (χ0n) is 16.8. The van der Waals surface area contributed by atoms with Gasteiger partial charge in [0.25, 0.3) is 0 Å². The first-order valence-corrected chi connectivity index (χ1v) is 10.8. The predicted octanol–water partition coefficient (Wildman–Crippen LogP) is 2.58. The monoisotopic (exact) mass is 392 g/mol. The number of ether oxygens (including phenoxy) is 1. The molecule has 1 aromatic heterocycles. The Bertz CT molecular complexity index is 892. The van der Waals surface area contributed by atoms with Crippen molar-refractivity contribution in [2.75, 3.05) is 18.0 Å². The molecule has 1 aliphatic carbocycles. The number of anilines is 1. The Balaban J connectivity index is 1.17. The fourth-order valence-corrected chi connectivity index (χ4v) is 4.82. The number of amides is 1. The Kier molecular flexibility index (Phi) is 5.19. The van der Waals surface area contributed by atoms with Gasteiger partial charge in [-0.2, -0.15) is 0 Å². The summed E-state index contributed by atoms with van der Waals surface area (Å²) in [6.07, 6.45) is 8.48. The van der Waals surface area contributed by atoms with E-state index in [4.69, 9.17) is 4.74 Å². The molecular weight excluding hydrogens is 364 g/mol. The highest BCUT2D eigenvalue weighted by molar-refractivity contribution is 5.81. The zero-order valence-corrected chi connectivity index (χ0v) is 16.8. The van der Waals surface area contributed by atoms with Gasteiger partial charge in [0, 0.05) is 36.8 Å². The lowest BCUT2D eigenvalue weighted by molar-refractivity contribution is -0.135. The molecule has 152 valence electrons. The summed E-state index contributed by atoms with van der Waals surface area (Å²) in [6.45, 7) is 2.36. The third-order valence-electron chi connectivity index (χ3n) is 6.50. The fourth-order valence-electron chi connectivity index (χ4n) is 4.82. The quantitative estimate of drug-likeness (QED) is 0.870. The minimum absolute atomic E-state index is 0.0253. The Labute approximate surface area is 171 Å². The van der Waals surface area contributed by atoms with E-state index in [0.717, 1.165) is 44.6 Å². The molecule has 0 saturated carbocycles. The van der Waals surface area contributed by atoms with Crippen molar-refractivity contribution in [3.05, 3.63) is 53.0 Å². The lowest BCUT2D eigenvalue weighted by Gasteiger charge is -2.35. The van der Waals surface area contributed by atoms with E-state index in [0.29, 0.717) is 13.0 Å². The average Bonchev–Trinajstić information content (AvgIpc) is 2.79. The SMILES string of the molecule is O=C(NC1CCN(c2ncnc3c2CCCC3)CC1)[C@@H]1Cc2ccccc2CO1. The number of aryl methyl sites for hydroxylation is 1. The fraction of sp³-hybridized carbons (Fsp3) is 0.522. The van der Waals surface area contributed by atoms with Gasteiger partial charge in [-0.05, 0) is 49.7 Å². The minimum Gasteiger partial charge on any atom is -0.363 e. The lowest BCUT2D eigenvalue weighted by atomic mass is 9.95. The van der Waals surface area contributed by atoms with E-state index in [1.165, 1.54) is 35.2 Å². The molecule has 3 aliphatic rings. The maximum absolute atomic E-state index is 12.7. The second-order valence-corrected chi connectivity index (χ2v) is 8.37. The number of nitrogens with one attached hydrogen (secondary N) is 1. The number of hydrogen-bond donors (Lipinski definition) is 1. The first kappa shape index (κ1) is 18.6. The molecule has 2 aliphatic heterocycles. The van der Waals surface area contributed by atoms with Crippen LogP contribution in [0.25, 0.3) is 0 Å². The Morgan fingerprint density at radius 3 is 2.72 bits per heavy atom. The van der Waals surface area contributed by atoms with Crippen LogP contribution in [-0.4, -0.2) is 41.1 Å². The van der Waals surface area contributed by atoms with Crippen molar-refractivity contribution in [3.8, 4) is 0 Å². The van der Waals surface area contributed by atoms with Crippen LogP contribution in [0.4, 0.5) is 5.82 Å². The number of nitrogens with zero attached hydrogens (tertiary/aromatic N) is 3. The highest BCUT2D eigenvalue weighted by Crippen LogP contribution is 2.29. The third-order valence-corrected chi connectivity index (χ3v) is 6.50. The van der Waals surface area contributed by atoms with Gasteiger partial charge in [-0.15, -0.1) is 0 Å². The Morgan fingerprint density at radius 1 is 1.07 bits per heavy atom. The van der Waals surface area contributed by atoms with Gasteiger partial charge in [-0.1, -0.05) is 24.3 Å². The Morgan fingerprint density at radius 2 is 1.86 bits per heavy atom. The van der Waals surface area contributed by atoms with Crippen LogP contribution in [-0.2, 0) is 35.4 Å². The molecule has 0 radical (unpaired) electrons. The maximum Gasteiger partial charge on any atom is 0.249 e. The number of fused-ring (bicyclic) bond motifs is 2. The van der Waals surface area contributed by atoms with Crippen LogP contribution in [0.15, 0.2) is 30.6 Å². The summed E-state index contributed by atoms with van der Waals surface area (Å²) < 4.78 is 5.82. The molecule has 5 rings (SSSR count). The van der Waals surface area contributed by atoms with Gasteiger partial charge in [-0.3, -0.25) is 4.79 Å². The lowest BCUT2D eigenvalue weighted by Crippen LogP contribution is -2.49. The van der Waals surface area contributed by atoms with Crippen molar-refractivity contribution in [2.24, 2.45) is 0 Å². The summed E-state index contributed by atoms with van der Waals surface area (Å²) in [7, 11) is 0. The number of hydrogen-bond acceptors (Lipinski definition) is 5. The van der Waals surface area contributed by atoms with Crippen LogP contribution >= 0.6 is 0 Å². The van der Waals surface area contributed by atoms with Gasteiger partial charge in [0.05, 0.1) is 6.61 Å². The largest absolute Gasteiger partial charge is 0.363 e. The van der Waals surface area contributed by atoms with Gasteiger partial charge >= 0.3 is 0 Å². The Hall–Kier alpha value is -2.47. The van der Waals surface area contributed by atoms with Gasteiger partial charge in [0.2, 0.25) is 5.91 Å². The molecule has 0 unspecified atom stereocenters. The summed E-state index contributed by atoms with van der Waals surface area (Å²) in [5.74, 6) is 1.14. The van der Waals surface area contributed by atoms with E-state index in [1.807, 2.05) is 12.1 Å². The molecule has 6 heteroatoms. The van der Waals surface area contributed by atoms with Crippen molar-refractivity contribution in [2.45, 2.75) is 63.7 Å². The van der Waals surface area contributed by atoms with Crippen molar-refractivity contribution in [1.29, 1.82) is 0 Å². The molecule has 29 heavy (non-hydrogen) atoms.